The van der Waals surface area contributed by atoms with E-state index in [2.05, 4.69) is 6.92 Å². The molecule has 0 heterocycles. The van der Waals surface area contributed by atoms with E-state index in [0.717, 1.165) is 57.8 Å². The normalized spacial score (nSPS) is 56.4. The second-order valence-corrected chi connectivity index (χ2v) is 10.0. The topological polar surface area (TPSA) is 77.8 Å². The summed E-state index contributed by atoms with van der Waals surface area (Å²) in [6.07, 6.45) is 8.20. The predicted octanol–water partition coefficient (Wildman–Crippen LogP) is 3.21. The molecule has 4 saturated carbocycles. The van der Waals surface area contributed by atoms with Gasteiger partial charge in [-0.1, -0.05) is 13.3 Å². The van der Waals surface area contributed by atoms with Gasteiger partial charge in [0, 0.05) is 5.41 Å². The fourth-order valence-electron chi connectivity index (χ4n) is 8.05. The van der Waals surface area contributed by atoms with Gasteiger partial charge in [0.15, 0.2) is 0 Å². The summed E-state index contributed by atoms with van der Waals surface area (Å²) in [5, 5.41) is 30.6. The van der Waals surface area contributed by atoms with Crippen LogP contribution in [-0.4, -0.2) is 34.0 Å². The fraction of sp³-hybridized carbons (Fsp3) is 0.950. The Labute approximate surface area is 144 Å². The summed E-state index contributed by atoms with van der Waals surface area (Å²) in [6, 6.07) is 0. The molecule has 4 nitrogen and oxygen atoms in total. The number of hydrogen-bond acceptors (Lipinski definition) is 3. The number of fused-ring (bicyclic) bond motifs is 3. The van der Waals surface area contributed by atoms with Crippen LogP contribution in [0.2, 0.25) is 0 Å². The third kappa shape index (κ3) is 1.85. The highest BCUT2D eigenvalue weighted by Gasteiger charge is 2.68. The quantitative estimate of drug-likeness (QED) is 0.723. The maximum Gasteiger partial charge on any atom is 0.309 e. The van der Waals surface area contributed by atoms with Crippen molar-refractivity contribution in [1.29, 1.82) is 0 Å². The van der Waals surface area contributed by atoms with Crippen LogP contribution in [0.15, 0.2) is 0 Å². The van der Waals surface area contributed by atoms with Gasteiger partial charge in [0.1, 0.15) is 0 Å². The molecule has 4 fully saturated rings. The van der Waals surface area contributed by atoms with E-state index in [0.29, 0.717) is 5.92 Å². The second kappa shape index (κ2) is 4.97. The number of aliphatic hydroxyl groups is 2. The van der Waals surface area contributed by atoms with Crippen molar-refractivity contribution < 1.29 is 20.1 Å². The highest BCUT2D eigenvalue weighted by atomic mass is 16.4. The standard InChI is InChI=1S/C20H32O4/c1-17-6-3-7-18(2,16(23)24)13(17)4-8-19-10-15(22)20(11-19,12-21)9-5-14(17)19/h13-15,21-22H,3-12H2,1-2H3,(H,23,24)/t13-,14-,15?,17+,18-,19-,20-/m1/s1. The lowest BCUT2D eigenvalue weighted by atomic mass is 9.40. The molecule has 7 atom stereocenters. The van der Waals surface area contributed by atoms with Crippen LogP contribution < -0.4 is 0 Å². The van der Waals surface area contributed by atoms with Crippen molar-refractivity contribution in [2.75, 3.05) is 6.61 Å². The summed E-state index contributed by atoms with van der Waals surface area (Å²) in [5.74, 6) is 0.118. The Morgan fingerprint density at radius 1 is 1.08 bits per heavy atom. The Morgan fingerprint density at radius 3 is 2.46 bits per heavy atom. The lowest BCUT2D eigenvalue weighted by molar-refractivity contribution is -0.184. The summed E-state index contributed by atoms with van der Waals surface area (Å²) in [4.78, 5) is 12.1. The van der Waals surface area contributed by atoms with Crippen LogP contribution in [0.3, 0.4) is 0 Å². The predicted molar refractivity (Wildman–Crippen MR) is 90.3 cm³/mol. The average molecular weight is 336 g/mol. The molecule has 4 aliphatic carbocycles. The van der Waals surface area contributed by atoms with E-state index in [1.165, 1.54) is 0 Å². The molecule has 24 heavy (non-hydrogen) atoms. The molecule has 0 aliphatic heterocycles. The van der Waals surface area contributed by atoms with Crippen molar-refractivity contribution in [1.82, 2.24) is 0 Å². The maximum absolute atomic E-state index is 12.1. The average Bonchev–Trinajstić information content (AvgIpc) is 2.73. The number of carbonyl (C=O) groups is 1. The van der Waals surface area contributed by atoms with Gasteiger partial charge in [-0.25, -0.2) is 0 Å². The summed E-state index contributed by atoms with van der Waals surface area (Å²) in [6.45, 7) is 4.41. The van der Waals surface area contributed by atoms with E-state index in [9.17, 15) is 20.1 Å². The summed E-state index contributed by atoms with van der Waals surface area (Å²) >= 11 is 0. The van der Waals surface area contributed by atoms with Crippen LogP contribution in [0, 0.1) is 33.5 Å². The number of carboxylic acid groups (broad SMARTS) is 1. The molecule has 136 valence electrons. The monoisotopic (exact) mass is 336 g/mol. The molecule has 0 radical (unpaired) electrons. The van der Waals surface area contributed by atoms with E-state index in [1.54, 1.807) is 0 Å². The van der Waals surface area contributed by atoms with Gasteiger partial charge in [-0.2, -0.15) is 0 Å². The van der Waals surface area contributed by atoms with Crippen molar-refractivity contribution in [2.24, 2.45) is 33.5 Å². The number of aliphatic hydroxyl groups excluding tert-OH is 2. The van der Waals surface area contributed by atoms with Crippen LogP contribution in [0.1, 0.15) is 71.6 Å². The maximum atomic E-state index is 12.1. The number of hydrogen-bond donors (Lipinski definition) is 3. The molecule has 1 unspecified atom stereocenters. The lowest BCUT2D eigenvalue weighted by Crippen LogP contribution is -2.58. The molecule has 2 bridgehead atoms. The minimum atomic E-state index is -0.624. The van der Waals surface area contributed by atoms with E-state index in [1.807, 2.05) is 6.92 Å². The van der Waals surface area contributed by atoms with E-state index in [-0.39, 0.29) is 34.9 Å². The Bertz CT molecular complexity index is 562. The van der Waals surface area contributed by atoms with Gasteiger partial charge in [-0.15, -0.1) is 0 Å². The van der Waals surface area contributed by atoms with Gasteiger partial charge >= 0.3 is 5.97 Å². The van der Waals surface area contributed by atoms with Gasteiger partial charge in [0.05, 0.1) is 18.1 Å². The van der Waals surface area contributed by atoms with E-state index < -0.39 is 11.4 Å². The first-order valence-corrected chi connectivity index (χ1v) is 9.75. The van der Waals surface area contributed by atoms with Crippen LogP contribution in [0.25, 0.3) is 0 Å². The van der Waals surface area contributed by atoms with Gasteiger partial charge in [-0.05, 0) is 81.0 Å². The second-order valence-electron chi connectivity index (χ2n) is 10.0. The Balaban J connectivity index is 1.73. The molecule has 4 heteroatoms. The summed E-state index contributed by atoms with van der Waals surface area (Å²) in [7, 11) is 0. The molecule has 0 aromatic carbocycles. The van der Waals surface area contributed by atoms with Crippen molar-refractivity contribution in [3.8, 4) is 0 Å². The first-order chi connectivity index (χ1) is 11.2. The molecular weight excluding hydrogens is 304 g/mol. The number of aliphatic carboxylic acids is 1. The zero-order valence-corrected chi connectivity index (χ0v) is 15.1. The molecule has 4 aliphatic rings. The molecule has 0 saturated heterocycles. The minimum Gasteiger partial charge on any atom is -0.481 e. The zero-order chi connectivity index (χ0) is 17.4. The molecule has 0 aromatic rings. The molecule has 0 amide bonds. The molecular formula is C20H32O4. The molecule has 0 aromatic heterocycles. The highest BCUT2D eigenvalue weighted by Crippen LogP contribution is 2.73. The number of carboxylic acids is 1. The van der Waals surface area contributed by atoms with Gasteiger partial charge < -0.3 is 15.3 Å². The van der Waals surface area contributed by atoms with Gasteiger partial charge in [0.2, 0.25) is 0 Å². The summed E-state index contributed by atoms with van der Waals surface area (Å²) < 4.78 is 0. The van der Waals surface area contributed by atoms with E-state index >= 15 is 0 Å². The summed E-state index contributed by atoms with van der Waals surface area (Å²) in [5.41, 5.74) is -0.695. The third-order valence-corrected chi connectivity index (χ3v) is 9.19. The van der Waals surface area contributed by atoms with Crippen LogP contribution in [0.4, 0.5) is 0 Å². The van der Waals surface area contributed by atoms with Crippen molar-refractivity contribution in [3.63, 3.8) is 0 Å². The minimum absolute atomic E-state index is 0.0648. The van der Waals surface area contributed by atoms with Crippen LogP contribution in [-0.2, 0) is 4.79 Å². The van der Waals surface area contributed by atoms with Crippen LogP contribution >= 0.6 is 0 Å². The molecule has 1 spiro atoms. The largest absolute Gasteiger partial charge is 0.481 e. The SMILES string of the molecule is C[C@]12CCC[C@@](C)(C(=O)O)[C@@H]1CC[C@]13CC(O)[C@](CO)(CC[C@@H]12)C3. The smallest absolute Gasteiger partial charge is 0.309 e. The van der Waals surface area contributed by atoms with Crippen molar-refractivity contribution in [2.45, 2.75) is 77.7 Å². The Hall–Kier alpha value is -0.610. The first-order valence-electron chi connectivity index (χ1n) is 9.75. The van der Waals surface area contributed by atoms with Crippen molar-refractivity contribution in [3.05, 3.63) is 0 Å². The first kappa shape index (κ1) is 16.8. The lowest BCUT2D eigenvalue weighted by Gasteiger charge is -2.64. The zero-order valence-electron chi connectivity index (χ0n) is 15.1. The van der Waals surface area contributed by atoms with E-state index in [4.69, 9.17) is 0 Å². The van der Waals surface area contributed by atoms with Crippen molar-refractivity contribution >= 4 is 5.97 Å². The highest BCUT2D eigenvalue weighted by molar-refractivity contribution is 5.75. The number of rotatable bonds is 2. The van der Waals surface area contributed by atoms with Gasteiger partial charge in [-0.3, -0.25) is 4.79 Å². The Kier molecular flexibility index (Phi) is 3.49. The molecule has 4 rings (SSSR count). The van der Waals surface area contributed by atoms with Gasteiger partial charge in [0.25, 0.3) is 0 Å². The fourth-order valence-corrected chi connectivity index (χ4v) is 8.05. The van der Waals surface area contributed by atoms with Crippen LogP contribution in [0.5, 0.6) is 0 Å². The Morgan fingerprint density at radius 2 is 1.79 bits per heavy atom. The molecule has 3 N–H and O–H groups in total. The third-order valence-electron chi connectivity index (χ3n) is 9.19.